The molecule has 0 fully saturated rings. The topological polar surface area (TPSA) is 43.6 Å². The molecule has 0 aliphatic heterocycles. The summed E-state index contributed by atoms with van der Waals surface area (Å²) < 4.78 is 38.4. The Morgan fingerprint density at radius 1 is 0.500 bits per heavy atom. The second-order valence-electron chi connectivity index (χ2n) is 10.6. The molecule has 4 nitrogen and oxygen atoms in total. The number of fused-ring (bicyclic) bond motifs is 6. The summed E-state index contributed by atoms with van der Waals surface area (Å²) in [5, 5.41) is 3.49. The average molecular weight is 585 g/mol. The molecule has 0 radical (unpaired) electrons. The Morgan fingerprint density at radius 2 is 1.09 bits per heavy atom. The quantitative estimate of drug-likeness (QED) is 0.207. The monoisotopic (exact) mass is 584 g/mol. The van der Waals surface area contributed by atoms with Gasteiger partial charge in [0.25, 0.3) is 0 Å². The summed E-state index contributed by atoms with van der Waals surface area (Å²) in [6, 6.07) is 39.6. The Hall–Kier alpha value is -5.65. The van der Waals surface area contributed by atoms with E-state index in [0.29, 0.717) is 39.3 Å². The minimum atomic E-state index is 0.207. The van der Waals surface area contributed by atoms with E-state index in [-0.39, 0.29) is 24.2 Å². The summed E-state index contributed by atoms with van der Waals surface area (Å²) in [5.74, 6) is 1.79. The largest absolute Gasteiger partial charge is 0.308 e. The number of nitrogens with zero attached hydrogens (tertiary/aromatic N) is 4. The van der Waals surface area contributed by atoms with Crippen molar-refractivity contribution in [3.8, 4) is 39.9 Å². The van der Waals surface area contributed by atoms with Crippen LogP contribution in [-0.2, 0) is 0 Å². The normalized spacial score (nSPS) is 12.9. The molecule has 3 aromatic heterocycles. The molecule has 0 N–H and O–H groups in total. The fourth-order valence-corrected chi connectivity index (χ4v) is 7.12. The van der Waals surface area contributed by atoms with Crippen molar-refractivity contribution in [3.05, 3.63) is 145 Å². The van der Waals surface area contributed by atoms with E-state index in [1.54, 1.807) is 23.5 Å². The molecule has 206 valence electrons. The zero-order valence-electron chi connectivity index (χ0n) is 27.2. The Labute approximate surface area is 263 Å². The van der Waals surface area contributed by atoms with E-state index in [4.69, 9.17) is 20.4 Å². The summed E-state index contributed by atoms with van der Waals surface area (Å²) >= 11 is 1.66. The molecule has 5 heteroatoms. The summed E-state index contributed by atoms with van der Waals surface area (Å²) in [5.41, 5.74) is 4.79. The molecule has 0 aliphatic carbocycles. The van der Waals surface area contributed by atoms with E-state index in [0.717, 1.165) is 42.6 Å². The summed E-state index contributed by atoms with van der Waals surface area (Å²) in [7, 11) is 0. The SMILES string of the molecule is [2H]c1cc([2H])c2c(c1)c1cc([2H])cc([2H])c1n2-c1cccc2c1sc1ccc(-c3nc(-c4ccccc4)nc(-c4ccccc4)n3)cc12. The van der Waals surface area contributed by atoms with Gasteiger partial charge in [0.15, 0.2) is 17.5 Å². The zero-order valence-corrected chi connectivity index (χ0v) is 24.1. The van der Waals surface area contributed by atoms with Crippen molar-refractivity contribution in [1.29, 1.82) is 0 Å². The lowest BCUT2D eigenvalue weighted by molar-refractivity contribution is 1.07. The van der Waals surface area contributed by atoms with E-state index in [1.807, 2.05) is 83.4 Å². The van der Waals surface area contributed by atoms with Crippen molar-refractivity contribution in [1.82, 2.24) is 19.5 Å². The maximum Gasteiger partial charge on any atom is 0.164 e. The predicted octanol–water partition coefficient (Wildman–Crippen LogP) is 10.3. The maximum absolute atomic E-state index is 8.88. The number of benzene rings is 6. The zero-order chi connectivity index (χ0) is 32.5. The Balaban J connectivity index is 1.28. The molecule has 9 rings (SSSR count). The van der Waals surface area contributed by atoms with Crippen LogP contribution in [0.4, 0.5) is 0 Å². The van der Waals surface area contributed by atoms with Gasteiger partial charge in [-0.2, -0.15) is 0 Å². The van der Waals surface area contributed by atoms with Gasteiger partial charge in [-0.25, -0.2) is 15.0 Å². The van der Waals surface area contributed by atoms with Crippen LogP contribution in [0.2, 0.25) is 0 Å². The molecule has 0 bridgehead atoms. The second kappa shape index (κ2) is 9.97. The van der Waals surface area contributed by atoms with Gasteiger partial charge < -0.3 is 4.57 Å². The minimum Gasteiger partial charge on any atom is -0.308 e. The van der Waals surface area contributed by atoms with Crippen LogP contribution >= 0.6 is 11.3 Å². The van der Waals surface area contributed by atoms with E-state index in [1.165, 1.54) is 12.1 Å². The summed E-state index contributed by atoms with van der Waals surface area (Å²) in [4.78, 5) is 14.7. The minimum absolute atomic E-state index is 0.207. The lowest BCUT2D eigenvalue weighted by Gasteiger charge is -2.09. The van der Waals surface area contributed by atoms with Crippen LogP contribution in [-0.4, -0.2) is 19.5 Å². The third-order valence-corrected chi connectivity index (χ3v) is 9.17. The van der Waals surface area contributed by atoms with Gasteiger partial charge in [0.1, 0.15) is 0 Å². The summed E-state index contributed by atoms with van der Waals surface area (Å²) in [6.45, 7) is 0. The van der Waals surface area contributed by atoms with E-state index in [9.17, 15) is 0 Å². The molecule has 0 saturated carbocycles. The first kappa shape index (κ1) is 21.1. The number of hydrogen-bond donors (Lipinski definition) is 0. The third-order valence-electron chi connectivity index (χ3n) is 7.96. The van der Waals surface area contributed by atoms with E-state index < -0.39 is 0 Å². The molecule has 0 atom stereocenters. The highest BCUT2D eigenvalue weighted by molar-refractivity contribution is 7.26. The van der Waals surface area contributed by atoms with Crippen LogP contribution in [0.3, 0.4) is 0 Å². The van der Waals surface area contributed by atoms with Crippen molar-refractivity contribution in [3.63, 3.8) is 0 Å². The van der Waals surface area contributed by atoms with Crippen LogP contribution in [0.5, 0.6) is 0 Å². The molecule has 0 saturated heterocycles. The van der Waals surface area contributed by atoms with Crippen molar-refractivity contribution < 1.29 is 5.48 Å². The highest BCUT2D eigenvalue weighted by Crippen LogP contribution is 2.41. The molecule has 3 heterocycles. The lowest BCUT2D eigenvalue weighted by atomic mass is 10.1. The van der Waals surface area contributed by atoms with Crippen LogP contribution in [0.15, 0.2) is 145 Å². The molecule has 0 aliphatic rings. The van der Waals surface area contributed by atoms with Gasteiger partial charge in [0.2, 0.25) is 0 Å². The number of para-hydroxylation sites is 2. The Morgan fingerprint density at radius 3 is 1.70 bits per heavy atom. The van der Waals surface area contributed by atoms with Crippen molar-refractivity contribution >= 4 is 53.3 Å². The molecule has 9 aromatic rings. The Kier molecular flexibility index (Phi) is 4.78. The van der Waals surface area contributed by atoms with E-state index in [2.05, 4.69) is 18.2 Å². The predicted molar refractivity (Wildman–Crippen MR) is 183 cm³/mol. The number of thiophene rings is 1. The molecule has 0 amide bonds. The van der Waals surface area contributed by atoms with Crippen LogP contribution < -0.4 is 0 Å². The first-order valence-electron chi connectivity index (χ1n) is 16.3. The molecular formula is C39H24N4S. The molecule has 6 aromatic carbocycles. The first-order valence-corrected chi connectivity index (χ1v) is 15.1. The Bertz CT molecular complexity index is 2600. The van der Waals surface area contributed by atoms with Crippen molar-refractivity contribution in [2.45, 2.75) is 0 Å². The summed E-state index contributed by atoms with van der Waals surface area (Å²) in [6.07, 6.45) is 0. The highest BCUT2D eigenvalue weighted by Gasteiger charge is 2.18. The fraction of sp³-hybridized carbons (Fsp3) is 0. The number of aromatic nitrogens is 4. The number of hydrogen-bond acceptors (Lipinski definition) is 4. The van der Waals surface area contributed by atoms with Gasteiger partial charge in [0.05, 0.1) is 26.9 Å². The van der Waals surface area contributed by atoms with Gasteiger partial charge in [-0.15, -0.1) is 11.3 Å². The standard InChI is InChI=1S/C39H24N4S/c1-3-12-25(13-4-1)37-40-38(26-14-5-2-6-15-26)42-39(41-37)27-22-23-35-31(24-27)30-18-11-21-34(36(30)44-35)43-32-19-9-7-16-28(32)29-17-8-10-20-33(29)43/h1-24H/i7D,8D,19D,20D. The van der Waals surface area contributed by atoms with Crippen molar-refractivity contribution in [2.24, 2.45) is 0 Å². The molecule has 0 unspecified atom stereocenters. The van der Waals surface area contributed by atoms with Gasteiger partial charge in [0, 0.05) is 42.9 Å². The third kappa shape index (κ3) is 3.94. The molecule has 0 spiro atoms. The number of rotatable bonds is 4. The highest BCUT2D eigenvalue weighted by atomic mass is 32.1. The fourth-order valence-electron chi connectivity index (χ4n) is 5.93. The average Bonchev–Trinajstić information content (AvgIpc) is 3.64. The molecular weight excluding hydrogens is 557 g/mol. The van der Waals surface area contributed by atoms with Gasteiger partial charge in [-0.3, -0.25) is 0 Å². The van der Waals surface area contributed by atoms with Crippen molar-refractivity contribution in [2.75, 3.05) is 0 Å². The van der Waals surface area contributed by atoms with Crippen LogP contribution in [0.25, 0.3) is 81.8 Å². The van der Waals surface area contributed by atoms with Crippen LogP contribution in [0.1, 0.15) is 5.48 Å². The van der Waals surface area contributed by atoms with Crippen LogP contribution in [0, 0.1) is 0 Å². The molecule has 44 heavy (non-hydrogen) atoms. The van der Waals surface area contributed by atoms with E-state index >= 15 is 0 Å². The second-order valence-corrected chi connectivity index (χ2v) is 11.6. The smallest absolute Gasteiger partial charge is 0.164 e. The van der Waals surface area contributed by atoms with Gasteiger partial charge >= 0.3 is 0 Å². The van der Waals surface area contributed by atoms with Gasteiger partial charge in [-0.1, -0.05) is 109 Å². The lowest BCUT2D eigenvalue weighted by Crippen LogP contribution is -2.00. The maximum atomic E-state index is 8.88. The van der Waals surface area contributed by atoms with Gasteiger partial charge in [-0.05, 0) is 36.4 Å². The first-order chi connectivity index (χ1) is 23.4.